The number of ether oxygens (including phenoxy) is 1. The topological polar surface area (TPSA) is 58.6 Å². The Labute approximate surface area is 156 Å². The smallest absolute Gasteiger partial charge is 0.235 e. The van der Waals surface area contributed by atoms with Gasteiger partial charge in [-0.1, -0.05) is 35.2 Å². The molecule has 1 atom stereocenters. The number of benzene rings is 1. The fourth-order valence-corrected chi connectivity index (χ4v) is 4.45. The van der Waals surface area contributed by atoms with Crippen molar-refractivity contribution in [2.75, 3.05) is 38.3 Å². The third-order valence-corrected chi connectivity index (χ3v) is 5.97. The summed E-state index contributed by atoms with van der Waals surface area (Å²) >= 11 is 2.91. The number of nitrogens with zero attached hydrogens (tertiary/aromatic N) is 4. The molecule has 25 heavy (non-hydrogen) atoms. The Bertz CT molecular complexity index is 672. The molecule has 1 amide bonds. The molecule has 0 spiro atoms. The van der Waals surface area contributed by atoms with Crippen molar-refractivity contribution in [3.63, 3.8) is 0 Å². The van der Waals surface area contributed by atoms with Gasteiger partial charge in [-0.05, 0) is 24.6 Å². The molecule has 3 rings (SSSR count). The highest BCUT2D eigenvalue weighted by atomic mass is 32.2. The van der Waals surface area contributed by atoms with Crippen LogP contribution in [0.4, 0.5) is 5.69 Å². The van der Waals surface area contributed by atoms with Crippen LogP contribution in [0.5, 0.6) is 0 Å². The monoisotopic (exact) mass is 378 g/mol. The lowest BCUT2D eigenvalue weighted by Crippen LogP contribution is -2.36. The summed E-state index contributed by atoms with van der Waals surface area (Å²) in [5.41, 5.74) is 4.02. The number of aromatic nitrogens is 2. The molecule has 1 unspecified atom stereocenters. The van der Waals surface area contributed by atoms with Crippen LogP contribution < -0.4 is 4.90 Å². The molecular formula is C17H22N4O2S2. The van der Waals surface area contributed by atoms with Crippen LogP contribution in [-0.2, 0) is 16.1 Å². The first-order chi connectivity index (χ1) is 12.1. The van der Waals surface area contributed by atoms with E-state index in [4.69, 9.17) is 4.74 Å². The zero-order valence-electron chi connectivity index (χ0n) is 14.4. The van der Waals surface area contributed by atoms with E-state index >= 15 is 0 Å². The fraction of sp³-hybridized carbons (Fsp3) is 0.471. The number of anilines is 1. The quantitative estimate of drug-likeness (QED) is 0.720. The minimum atomic E-state index is -0.175. The molecule has 8 heteroatoms. The van der Waals surface area contributed by atoms with Gasteiger partial charge in [-0.15, -0.1) is 10.2 Å². The first kappa shape index (κ1) is 18.2. The van der Waals surface area contributed by atoms with Crippen LogP contribution in [0.15, 0.2) is 34.1 Å². The number of carbonyl (C=O) groups is 1. The van der Waals surface area contributed by atoms with E-state index < -0.39 is 0 Å². The third-order valence-electron chi connectivity index (χ3n) is 4.07. The Kier molecular flexibility index (Phi) is 6.28. The van der Waals surface area contributed by atoms with Gasteiger partial charge in [0.05, 0.1) is 18.5 Å². The van der Waals surface area contributed by atoms with E-state index in [1.165, 1.54) is 28.8 Å². The standard InChI is InChI=1S/C17H22N4O2S2/c1-13(25-17-19-18-12-24-17)16(22)20(2)11-14-3-5-15(6-4-14)21-7-9-23-10-8-21/h3-6,12-13H,7-11H2,1-2H3. The molecule has 1 aromatic heterocycles. The second kappa shape index (κ2) is 8.64. The molecule has 1 saturated heterocycles. The summed E-state index contributed by atoms with van der Waals surface area (Å²) in [7, 11) is 1.84. The Morgan fingerprint density at radius 1 is 1.36 bits per heavy atom. The van der Waals surface area contributed by atoms with Gasteiger partial charge in [0.15, 0.2) is 4.34 Å². The van der Waals surface area contributed by atoms with Crippen molar-refractivity contribution in [2.24, 2.45) is 0 Å². The normalized spacial score (nSPS) is 15.8. The molecule has 0 aliphatic carbocycles. The van der Waals surface area contributed by atoms with Gasteiger partial charge in [0, 0.05) is 32.4 Å². The van der Waals surface area contributed by atoms with Crippen molar-refractivity contribution in [3.8, 4) is 0 Å². The zero-order chi connectivity index (χ0) is 17.6. The minimum Gasteiger partial charge on any atom is -0.378 e. The molecule has 0 N–H and O–H groups in total. The van der Waals surface area contributed by atoms with Crippen molar-refractivity contribution in [1.82, 2.24) is 15.1 Å². The number of hydrogen-bond acceptors (Lipinski definition) is 7. The molecule has 2 heterocycles. The molecule has 0 radical (unpaired) electrons. The summed E-state index contributed by atoms with van der Waals surface area (Å²) in [6.07, 6.45) is 0. The summed E-state index contributed by atoms with van der Waals surface area (Å²) in [4.78, 5) is 16.6. The lowest BCUT2D eigenvalue weighted by Gasteiger charge is -2.29. The van der Waals surface area contributed by atoms with E-state index in [1.54, 1.807) is 10.4 Å². The predicted octanol–water partition coefficient (Wildman–Crippen LogP) is 2.51. The zero-order valence-corrected chi connectivity index (χ0v) is 16.1. The molecule has 1 aliphatic heterocycles. The van der Waals surface area contributed by atoms with Crippen molar-refractivity contribution in [1.29, 1.82) is 0 Å². The van der Waals surface area contributed by atoms with Gasteiger partial charge in [-0.3, -0.25) is 4.79 Å². The number of hydrogen-bond donors (Lipinski definition) is 0. The van der Waals surface area contributed by atoms with Crippen LogP contribution in [0.2, 0.25) is 0 Å². The fourth-order valence-electron chi connectivity index (χ4n) is 2.71. The van der Waals surface area contributed by atoms with Crippen molar-refractivity contribution in [2.45, 2.75) is 23.1 Å². The first-order valence-corrected chi connectivity index (χ1v) is 9.99. The summed E-state index contributed by atoms with van der Waals surface area (Å²) in [6.45, 7) is 5.93. The number of morpholine rings is 1. The van der Waals surface area contributed by atoms with E-state index in [9.17, 15) is 4.79 Å². The number of rotatable bonds is 6. The predicted molar refractivity (Wildman–Crippen MR) is 101 cm³/mol. The molecule has 1 fully saturated rings. The number of amides is 1. The summed E-state index contributed by atoms with van der Waals surface area (Å²) < 4.78 is 6.21. The Morgan fingerprint density at radius 3 is 2.72 bits per heavy atom. The average Bonchev–Trinajstić information content (AvgIpc) is 3.15. The summed E-state index contributed by atoms with van der Waals surface area (Å²) in [5, 5.41) is 7.61. The molecule has 0 bridgehead atoms. The van der Waals surface area contributed by atoms with Crippen molar-refractivity contribution in [3.05, 3.63) is 35.3 Å². The minimum absolute atomic E-state index is 0.0949. The Morgan fingerprint density at radius 2 is 2.08 bits per heavy atom. The Hall–Kier alpha value is -1.64. The van der Waals surface area contributed by atoms with Gasteiger partial charge in [0.25, 0.3) is 0 Å². The number of thioether (sulfide) groups is 1. The van der Waals surface area contributed by atoms with Gasteiger partial charge in [-0.25, -0.2) is 0 Å². The highest BCUT2D eigenvalue weighted by Gasteiger charge is 2.20. The lowest BCUT2D eigenvalue weighted by molar-refractivity contribution is -0.129. The van der Waals surface area contributed by atoms with Crippen LogP contribution in [0.1, 0.15) is 12.5 Å². The van der Waals surface area contributed by atoms with Crippen LogP contribution in [0, 0.1) is 0 Å². The first-order valence-electron chi connectivity index (χ1n) is 8.23. The van der Waals surface area contributed by atoms with E-state index in [2.05, 4.69) is 39.4 Å². The van der Waals surface area contributed by atoms with Crippen molar-refractivity contribution < 1.29 is 9.53 Å². The molecular weight excluding hydrogens is 356 g/mol. The SMILES string of the molecule is CC(Sc1nncs1)C(=O)N(C)Cc1ccc(N2CCOCC2)cc1. The molecule has 2 aromatic rings. The maximum atomic E-state index is 12.5. The molecule has 134 valence electrons. The van der Waals surface area contributed by atoms with Gasteiger partial charge in [-0.2, -0.15) is 0 Å². The van der Waals surface area contributed by atoms with Gasteiger partial charge < -0.3 is 14.5 Å². The largest absolute Gasteiger partial charge is 0.378 e. The average molecular weight is 379 g/mol. The van der Waals surface area contributed by atoms with Gasteiger partial charge in [0.2, 0.25) is 5.91 Å². The van der Waals surface area contributed by atoms with E-state index in [1.807, 2.05) is 14.0 Å². The molecule has 1 aromatic carbocycles. The van der Waals surface area contributed by atoms with Gasteiger partial charge in [0.1, 0.15) is 5.51 Å². The second-order valence-electron chi connectivity index (χ2n) is 5.92. The Balaban J connectivity index is 1.54. The van der Waals surface area contributed by atoms with E-state index in [0.717, 1.165) is 36.2 Å². The van der Waals surface area contributed by atoms with Crippen molar-refractivity contribution >= 4 is 34.7 Å². The molecule has 1 aliphatic rings. The number of carbonyl (C=O) groups excluding carboxylic acids is 1. The molecule has 0 saturated carbocycles. The van der Waals surface area contributed by atoms with Crippen LogP contribution >= 0.6 is 23.1 Å². The molecule has 6 nitrogen and oxygen atoms in total. The van der Waals surface area contributed by atoms with Crippen LogP contribution in [0.25, 0.3) is 0 Å². The third kappa shape index (κ3) is 4.93. The second-order valence-corrected chi connectivity index (χ2v) is 8.35. The summed E-state index contributed by atoms with van der Waals surface area (Å²) in [5.74, 6) is 0.0949. The van der Waals surface area contributed by atoms with Crippen LogP contribution in [0.3, 0.4) is 0 Å². The van der Waals surface area contributed by atoms with Gasteiger partial charge >= 0.3 is 0 Å². The maximum absolute atomic E-state index is 12.5. The lowest BCUT2D eigenvalue weighted by atomic mass is 10.1. The highest BCUT2D eigenvalue weighted by molar-refractivity contribution is 8.02. The highest BCUT2D eigenvalue weighted by Crippen LogP contribution is 2.25. The maximum Gasteiger partial charge on any atom is 0.235 e. The van der Waals surface area contributed by atoms with E-state index in [0.29, 0.717) is 6.54 Å². The van der Waals surface area contributed by atoms with Crippen LogP contribution in [-0.4, -0.2) is 59.6 Å². The summed E-state index contributed by atoms with van der Waals surface area (Å²) in [6, 6.07) is 8.44. The van der Waals surface area contributed by atoms with E-state index in [-0.39, 0.29) is 11.2 Å².